The fourth-order valence-corrected chi connectivity index (χ4v) is 2.83. The zero-order valence-corrected chi connectivity index (χ0v) is 14.9. The molecule has 2 N–H and O–H groups in total. The van der Waals surface area contributed by atoms with Crippen molar-refractivity contribution in [3.8, 4) is 5.75 Å². The highest BCUT2D eigenvalue weighted by atomic mass is 19.2. The maximum absolute atomic E-state index is 13.2. The molecule has 1 fully saturated rings. The molecule has 0 aliphatic carbocycles. The number of halogens is 2. The van der Waals surface area contributed by atoms with E-state index in [1.165, 1.54) is 19.2 Å². The average molecular weight is 389 g/mol. The number of hydrogen-bond acceptors (Lipinski definition) is 4. The summed E-state index contributed by atoms with van der Waals surface area (Å²) in [4.78, 5) is 37.5. The van der Waals surface area contributed by atoms with E-state index in [0.717, 1.165) is 24.6 Å². The molecule has 1 aliphatic heterocycles. The van der Waals surface area contributed by atoms with Crippen LogP contribution in [0.25, 0.3) is 0 Å². The molecule has 2 aromatic carbocycles. The normalized spacial score (nSPS) is 13.4. The second-order valence-electron chi connectivity index (χ2n) is 6.07. The lowest BCUT2D eigenvalue weighted by molar-refractivity contribution is -0.133. The van der Waals surface area contributed by atoms with Crippen molar-refractivity contribution in [1.82, 2.24) is 0 Å². The van der Waals surface area contributed by atoms with Crippen molar-refractivity contribution in [3.63, 3.8) is 0 Å². The predicted octanol–water partition coefficient (Wildman–Crippen LogP) is 2.68. The Labute approximate surface area is 159 Å². The number of benzene rings is 2. The molecule has 0 saturated carbocycles. The molecule has 0 aromatic heterocycles. The molecule has 3 rings (SSSR count). The van der Waals surface area contributed by atoms with Gasteiger partial charge in [-0.3, -0.25) is 14.4 Å². The number of methoxy groups -OCH3 is 1. The van der Waals surface area contributed by atoms with E-state index in [1.54, 1.807) is 11.0 Å². The third kappa shape index (κ3) is 4.08. The minimum Gasteiger partial charge on any atom is -0.494 e. The van der Waals surface area contributed by atoms with Gasteiger partial charge >= 0.3 is 11.8 Å². The third-order valence-corrected chi connectivity index (χ3v) is 4.19. The van der Waals surface area contributed by atoms with E-state index < -0.39 is 23.4 Å². The molecule has 1 saturated heterocycles. The smallest absolute Gasteiger partial charge is 0.314 e. The van der Waals surface area contributed by atoms with Crippen LogP contribution in [0, 0.1) is 11.6 Å². The van der Waals surface area contributed by atoms with E-state index in [1.807, 2.05) is 0 Å². The van der Waals surface area contributed by atoms with E-state index in [0.29, 0.717) is 24.4 Å². The lowest BCUT2D eigenvalue weighted by Gasteiger charge is -2.19. The van der Waals surface area contributed by atoms with E-state index >= 15 is 0 Å². The highest BCUT2D eigenvalue weighted by molar-refractivity contribution is 6.43. The van der Waals surface area contributed by atoms with Crippen molar-refractivity contribution in [3.05, 3.63) is 48.0 Å². The van der Waals surface area contributed by atoms with Gasteiger partial charge < -0.3 is 20.3 Å². The second kappa shape index (κ2) is 8.03. The van der Waals surface area contributed by atoms with Gasteiger partial charge in [-0.1, -0.05) is 0 Å². The summed E-state index contributed by atoms with van der Waals surface area (Å²) in [5.74, 6) is -3.91. The number of ether oxygens (including phenoxy) is 1. The minimum absolute atomic E-state index is 0.0130. The van der Waals surface area contributed by atoms with Crippen LogP contribution in [0.3, 0.4) is 0 Å². The van der Waals surface area contributed by atoms with Gasteiger partial charge in [0.05, 0.1) is 12.8 Å². The molecule has 0 bridgehead atoms. The highest BCUT2D eigenvalue weighted by Gasteiger charge is 2.25. The number of nitrogens with one attached hydrogen (secondary N) is 2. The Morgan fingerprint density at radius 1 is 1.00 bits per heavy atom. The fourth-order valence-electron chi connectivity index (χ4n) is 2.83. The minimum atomic E-state index is -1.14. The summed E-state index contributed by atoms with van der Waals surface area (Å²) in [5, 5.41) is 4.57. The first-order valence-corrected chi connectivity index (χ1v) is 8.45. The van der Waals surface area contributed by atoms with Crippen LogP contribution in [-0.4, -0.2) is 31.4 Å². The molecule has 146 valence electrons. The van der Waals surface area contributed by atoms with Crippen LogP contribution in [0.2, 0.25) is 0 Å². The largest absolute Gasteiger partial charge is 0.494 e. The van der Waals surface area contributed by atoms with Crippen LogP contribution in [0.5, 0.6) is 5.75 Å². The van der Waals surface area contributed by atoms with E-state index in [4.69, 9.17) is 4.74 Å². The van der Waals surface area contributed by atoms with Crippen molar-refractivity contribution in [2.24, 2.45) is 0 Å². The molecule has 1 heterocycles. The summed E-state index contributed by atoms with van der Waals surface area (Å²) in [6, 6.07) is 7.38. The molecule has 9 heteroatoms. The summed E-state index contributed by atoms with van der Waals surface area (Å²) >= 11 is 0. The Kier molecular flexibility index (Phi) is 5.53. The summed E-state index contributed by atoms with van der Waals surface area (Å²) in [7, 11) is 1.43. The summed E-state index contributed by atoms with van der Waals surface area (Å²) in [6.45, 7) is 0.581. The number of amides is 3. The number of hydrogen-bond donors (Lipinski definition) is 2. The van der Waals surface area contributed by atoms with Crippen molar-refractivity contribution >= 4 is 34.8 Å². The van der Waals surface area contributed by atoms with Crippen LogP contribution in [-0.2, 0) is 14.4 Å². The Morgan fingerprint density at radius 3 is 2.21 bits per heavy atom. The van der Waals surface area contributed by atoms with Gasteiger partial charge in [0.15, 0.2) is 11.6 Å². The number of carbonyl (C=O) groups excluding carboxylic acids is 3. The maximum Gasteiger partial charge on any atom is 0.314 e. The van der Waals surface area contributed by atoms with Gasteiger partial charge in [0, 0.05) is 36.5 Å². The Morgan fingerprint density at radius 2 is 1.64 bits per heavy atom. The standard InChI is InChI=1S/C19H17F2N3O4/c1-28-16-10-12(5-7-15(16)24-8-2-3-17(24)25)23-19(27)18(26)22-11-4-6-13(20)14(21)9-11/h4-7,9-10H,2-3,8H2,1H3,(H,22,26)(H,23,27). The number of anilines is 3. The molecule has 1 aliphatic rings. The first-order valence-electron chi connectivity index (χ1n) is 8.45. The first kappa shape index (κ1) is 19.3. The summed E-state index contributed by atoms with van der Waals surface area (Å²) in [6.07, 6.45) is 1.22. The monoisotopic (exact) mass is 389 g/mol. The molecule has 3 amide bonds. The van der Waals surface area contributed by atoms with Crippen molar-refractivity contribution in [2.45, 2.75) is 12.8 Å². The molecule has 0 unspecified atom stereocenters. The van der Waals surface area contributed by atoms with Gasteiger partial charge in [-0.05, 0) is 30.7 Å². The summed E-state index contributed by atoms with van der Waals surface area (Å²) < 4.78 is 31.4. The lowest BCUT2D eigenvalue weighted by Crippen LogP contribution is -2.29. The zero-order chi connectivity index (χ0) is 20.3. The van der Waals surface area contributed by atoms with Crippen molar-refractivity contribution in [1.29, 1.82) is 0 Å². The topological polar surface area (TPSA) is 87.7 Å². The second-order valence-corrected chi connectivity index (χ2v) is 6.07. The number of nitrogens with zero attached hydrogens (tertiary/aromatic N) is 1. The van der Waals surface area contributed by atoms with E-state index in [9.17, 15) is 23.2 Å². The van der Waals surface area contributed by atoms with Crippen LogP contribution in [0.15, 0.2) is 36.4 Å². The molecule has 0 atom stereocenters. The van der Waals surface area contributed by atoms with Gasteiger partial charge in [-0.15, -0.1) is 0 Å². The van der Waals surface area contributed by atoms with Crippen LogP contribution in [0.4, 0.5) is 25.8 Å². The average Bonchev–Trinajstić information content (AvgIpc) is 3.10. The van der Waals surface area contributed by atoms with Gasteiger partial charge in [-0.25, -0.2) is 8.78 Å². The van der Waals surface area contributed by atoms with E-state index in [-0.39, 0.29) is 17.3 Å². The molecule has 2 aromatic rings. The van der Waals surface area contributed by atoms with E-state index in [2.05, 4.69) is 10.6 Å². The molecular formula is C19H17F2N3O4. The number of rotatable bonds is 4. The van der Waals surface area contributed by atoms with Gasteiger partial charge in [-0.2, -0.15) is 0 Å². The lowest BCUT2D eigenvalue weighted by atomic mass is 10.2. The first-order chi connectivity index (χ1) is 13.4. The summed E-state index contributed by atoms with van der Waals surface area (Å²) in [5.41, 5.74) is 0.798. The highest BCUT2D eigenvalue weighted by Crippen LogP contribution is 2.33. The van der Waals surface area contributed by atoms with Gasteiger partial charge in [0.2, 0.25) is 5.91 Å². The quantitative estimate of drug-likeness (QED) is 0.787. The molecule has 28 heavy (non-hydrogen) atoms. The fraction of sp³-hybridized carbons (Fsp3) is 0.211. The molecular weight excluding hydrogens is 372 g/mol. The maximum atomic E-state index is 13.2. The molecule has 0 radical (unpaired) electrons. The van der Waals surface area contributed by atoms with Crippen LogP contribution in [0.1, 0.15) is 12.8 Å². The van der Waals surface area contributed by atoms with Gasteiger partial charge in [0.25, 0.3) is 0 Å². The van der Waals surface area contributed by atoms with Crippen LogP contribution < -0.4 is 20.3 Å². The Bertz CT molecular complexity index is 949. The van der Waals surface area contributed by atoms with Crippen molar-refractivity contribution < 1.29 is 27.9 Å². The SMILES string of the molecule is COc1cc(NC(=O)C(=O)Nc2ccc(F)c(F)c2)ccc1N1CCCC1=O. The Balaban J connectivity index is 1.70. The van der Waals surface area contributed by atoms with Gasteiger partial charge in [0.1, 0.15) is 5.75 Å². The third-order valence-electron chi connectivity index (χ3n) is 4.19. The molecule has 7 nitrogen and oxygen atoms in total. The zero-order valence-electron chi connectivity index (χ0n) is 14.9. The Hall–Kier alpha value is -3.49. The van der Waals surface area contributed by atoms with Crippen LogP contribution >= 0.6 is 0 Å². The number of carbonyl (C=O) groups is 3. The predicted molar refractivity (Wildman–Crippen MR) is 98.2 cm³/mol. The van der Waals surface area contributed by atoms with Crippen molar-refractivity contribution in [2.75, 3.05) is 29.2 Å². The molecule has 0 spiro atoms.